The van der Waals surface area contributed by atoms with Crippen molar-refractivity contribution in [2.24, 2.45) is 0 Å². The standard InChI is InChI=1S/C4H11O2P.3ClH/c5-3-1-2-4(6)7;;;/h4-6H,1-3,7H2;3*1H. The molecule has 2 atom stereocenters. The van der Waals surface area contributed by atoms with E-state index in [0.717, 1.165) is 0 Å². The first-order valence-electron chi connectivity index (χ1n) is 2.32. The van der Waals surface area contributed by atoms with Crippen molar-refractivity contribution in [3.05, 3.63) is 0 Å². The zero-order chi connectivity index (χ0) is 5.70. The number of hydrogen-bond acceptors (Lipinski definition) is 2. The Balaban J connectivity index is -0.0000000600. The minimum atomic E-state index is -0.341. The van der Waals surface area contributed by atoms with Gasteiger partial charge < -0.3 is 10.2 Å². The van der Waals surface area contributed by atoms with Gasteiger partial charge in [-0.2, -0.15) is 0 Å². The van der Waals surface area contributed by atoms with Crippen LogP contribution in [-0.4, -0.2) is 22.7 Å². The van der Waals surface area contributed by atoms with Crippen LogP contribution in [0.25, 0.3) is 0 Å². The Morgan fingerprint density at radius 1 is 1.20 bits per heavy atom. The van der Waals surface area contributed by atoms with E-state index in [2.05, 4.69) is 9.24 Å². The van der Waals surface area contributed by atoms with E-state index in [1.54, 1.807) is 0 Å². The number of aliphatic hydroxyl groups excluding tert-OH is 2. The Kier molecular flexibility index (Phi) is 37.5. The van der Waals surface area contributed by atoms with Gasteiger partial charge in [-0.15, -0.1) is 46.5 Å². The molecular weight excluding hydrogens is 217 g/mol. The highest BCUT2D eigenvalue weighted by molar-refractivity contribution is 7.17. The van der Waals surface area contributed by atoms with Crippen LogP contribution < -0.4 is 0 Å². The van der Waals surface area contributed by atoms with Crippen molar-refractivity contribution < 1.29 is 10.2 Å². The molecule has 0 aliphatic rings. The molecule has 0 amide bonds. The predicted octanol–water partition coefficient (Wildman–Crippen LogP) is 1.22. The molecule has 68 valence electrons. The molecule has 0 aromatic carbocycles. The summed E-state index contributed by atoms with van der Waals surface area (Å²) in [6.07, 6.45) is 1.35. The van der Waals surface area contributed by atoms with E-state index in [9.17, 15) is 0 Å². The van der Waals surface area contributed by atoms with Crippen LogP contribution in [0.5, 0.6) is 0 Å². The second kappa shape index (κ2) is 16.7. The minimum Gasteiger partial charge on any atom is -0.396 e. The molecule has 2 nitrogen and oxygen atoms in total. The van der Waals surface area contributed by atoms with Crippen LogP contribution in [0.4, 0.5) is 0 Å². The molecule has 0 saturated heterocycles. The summed E-state index contributed by atoms with van der Waals surface area (Å²) in [7, 11) is 2.25. The van der Waals surface area contributed by atoms with E-state index < -0.39 is 0 Å². The number of hydrogen-bond donors (Lipinski definition) is 2. The zero-order valence-electron chi connectivity index (χ0n) is 5.40. The maximum Gasteiger partial charge on any atom is 0.0674 e. The molecule has 10 heavy (non-hydrogen) atoms. The van der Waals surface area contributed by atoms with Gasteiger partial charge >= 0.3 is 0 Å². The van der Waals surface area contributed by atoms with Crippen LogP contribution >= 0.6 is 46.5 Å². The molecule has 2 N–H and O–H groups in total. The summed E-state index contributed by atoms with van der Waals surface area (Å²) in [4.78, 5) is 0. The van der Waals surface area contributed by atoms with Crippen molar-refractivity contribution in [3.8, 4) is 0 Å². The Hall–Kier alpha value is 1.22. The monoisotopic (exact) mass is 230 g/mol. The summed E-state index contributed by atoms with van der Waals surface area (Å²) >= 11 is 0. The topological polar surface area (TPSA) is 40.5 Å². The number of rotatable bonds is 3. The summed E-state index contributed by atoms with van der Waals surface area (Å²) in [6.45, 7) is 0.172. The molecule has 0 spiro atoms. The molecule has 0 heterocycles. The lowest BCUT2D eigenvalue weighted by molar-refractivity contribution is 0.220. The van der Waals surface area contributed by atoms with Crippen molar-refractivity contribution in [3.63, 3.8) is 0 Å². The van der Waals surface area contributed by atoms with E-state index in [-0.39, 0.29) is 49.7 Å². The summed E-state index contributed by atoms with van der Waals surface area (Å²) in [5.41, 5.74) is 0. The Labute approximate surface area is 82.2 Å². The van der Waals surface area contributed by atoms with Gasteiger partial charge in [0.15, 0.2) is 0 Å². The lowest BCUT2D eigenvalue weighted by atomic mass is 10.3. The third-order valence-corrected chi connectivity index (χ3v) is 0.991. The summed E-state index contributed by atoms with van der Waals surface area (Å²) in [5.74, 6) is -0.341. The van der Waals surface area contributed by atoms with Gasteiger partial charge in [0.1, 0.15) is 0 Å². The van der Waals surface area contributed by atoms with Crippen LogP contribution in [0.15, 0.2) is 0 Å². The van der Waals surface area contributed by atoms with Crippen molar-refractivity contribution in [1.82, 2.24) is 0 Å². The fraction of sp³-hybridized carbons (Fsp3) is 1.00. The molecule has 0 rings (SSSR count). The Bertz CT molecular complexity index is 47.5. The highest BCUT2D eigenvalue weighted by Gasteiger charge is 1.91. The van der Waals surface area contributed by atoms with Crippen molar-refractivity contribution >= 4 is 46.5 Å². The van der Waals surface area contributed by atoms with E-state index in [1.807, 2.05) is 0 Å². The first kappa shape index (κ1) is 22.5. The maximum absolute atomic E-state index is 8.54. The molecule has 0 bridgehead atoms. The van der Waals surface area contributed by atoms with E-state index in [0.29, 0.717) is 12.8 Å². The molecule has 0 saturated carbocycles. The minimum absolute atomic E-state index is 0. The van der Waals surface area contributed by atoms with Gasteiger partial charge in [-0.3, -0.25) is 0 Å². The smallest absolute Gasteiger partial charge is 0.0674 e. The molecule has 0 aromatic heterocycles. The van der Waals surface area contributed by atoms with Crippen LogP contribution in [-0.2, 0) is 0 Å². The maximum atomic E-state index is 8.54. The van der Waals surface area contributed by atoms with E-state index >= 15 is 0 Å². The molecule has 0 aliphatic heterocycles. The summed E-state index contributed by atoms with van der Waals surface area (Å²) < 4.78 is 0. The first-order valence-corrected chi connectivity index (χ1v) is 2.98. The lowest BCUT2D eigenvalue weighted by Crippen LogP contribution is -1.95. The number of halogens is 3. The molecule has 0 radical (unpaired) electrons. The molecule has 2 unspecified atom stereocenters. The van der Waals surface area contributed by atoms with Gasteiger partial charge in [-0.25, -0.2) is 0 Å². The van der Waals surface area contributed by atoms with Gasteiger partial charge in [-0.05, 0) is 12.8 Å². The van der Waals surface area contributed by atoms with Gasteiger partial charge in [-0.1, -0.05) is 0 Å². The fourth-order valence-corrected chi connectivity index (χ4v) is 0.536. The van der Waals surface area contributed by atoms with E-state index in [4.69, 9.17) is 10.2 Å². The average molecular weight is 231 g/mol. The lowest BCUT2D eigenvalue weighted by Gasteiger charge is -1.97. The SMILES string of the molecule is Cl.Cl.Cl.OCCCC(O)P. The largest absolute Gasteiger partial charge is 0.396 e. The van der Waals surface area contributed by atoms with Crippen LogP contribution in [0.1, 0.15) is 12.8 Å². The third-order valence-electron chi connectivity index (χ3n) is 0.658. The molecular formula is C4H14Cl3O2P. The highest BCUT2D eigenvalue weighted by Crippen LogP contribution is 2.01. The second-order valence-electron chi connectivity index (χ2n) is 1.43. The Morgan fingerprint density at radius 2 is 1.60 bits per heavy atom. The Morgan fingerprint density at radius 3 is 1.70 bits per heavy atom. The van der Waals surface area contributed by atoms with Crippen molar-refractivity contribution in [2.75, 3.05) is 6.61 Å². The molecule has 0 fully saturated rings. The van der Waals surface area contributed by atoms with Gasteiger partial charge in [0.05, 0.1) is 5.85 Å². The average Bonchev–Trinajstić information content (AvgIpc) is 1.61. The fourth-order valence-electron chi connectivity index (χ4n) is 0.300. The van der Waals surface area contributed by atoms with Crippen molar-refractivity contribution in [2.45, 2.75) is 18.7 Å². The van der Waals surface area contributed by atoms with Gasteiger partial charge in [0, 0.05) is 6.61 Å². The third kappa shape index (κ3) is 22.9. The van der Waals surface area contributed by atoms with Crippen molar-refractivity contribution in [1.29, 1.82) is 0 Å². The van der Waals surface area contributed by atoms with Gasteiger partial charge in [0.25, 0.3) is 0 Å². The zero-order valence-corrected chi connectivity index (χ0v) is 9.00. The van der Waals surface area contributed by atoms with Gasteiger partial charge in [0.2, 0.25) is 0 Å². The molecule has 0 aliphatic carbocycles. The summed E-state index contributed by atoms with van der Waals surface area (Å²) in [5, 5.41) is 16.7. The summed E-state index contributed by atoms with van der Waals surface area (Å²) in [6, 6.07) is 0. The van der Waals surface area contributed by atoms with Crippen LogP contribution in [0.2, 0.25) is 0 Å². The van der Waals surface area contributed by atoms with Crippen LogP contribution in [0.3, 0.4) is 0 Å². The molecule has 6 heteroatoms. The molecule has 0 aromatic rings. The quantitative estimate of drug-likeness (QED) is 0.717. The van der Waals surface area contributed by atoms with E-state index in [1.165, 1.54) is 0 Å². The van der Waals surface area contributed by atoms with Crippen LogP contribution in [0, 0.1) is 0 Å². The predicted molar refractivity (Wildman–Crippen MR) is 53.8 cm³/mol. The number of aliphatic hydroxyl groups is 2. The highest BCUT2D eigenvalue weighted by atomic mass is 35.5. The first-order chi connectivity index (χ1) is 3.27. The normalized spacial score (nSPS) is 9.90. The second-order valence-corrected chi connectivity index (χ2v) is 2.20.